The number of carbonyl (C=O) groups is 1. The number of pyridine rings is 1. The zero-order chi connectivity index (χ0) is 27.7. The lowest BCUT2D eigenvalue weighted by atomic mass is 10.1. The Labute approximate surface area is 221 Å². The Balaban J connectivity index is 1.42. The van der Waals surface area contributed by atoms with Gasteiger partial charge in [0.1, 0.15) is 34.8 Å². The number of nitrogens with zero attached hydrogens (tertiary/aromatic N) is 5. The number of amides is 1. The number of halogens is 3. The van der Waals surface area contributed by atoms with Crippen LogP contribution in [0, 0.1) is 0 Å². The topological polar surface area (TPSA) is 131 Å². The van der Waals surface area contributed by atoms with Crippen LogP contribution in [0.25, 0.3) is 16.8 Å². The summed E-state index contributed by atoms with van der Waals surface area (Å²) < 4.78 is 46.8. The quantitative estimate of drug-likeness (QED) is 0.339. The number of hydrogen-bond donors (Lipinski definition) is 3. The number of aliphatic hydroxyl groups excluding tert-OH is 1. The van der Waals surface area contributed by atoms with Crippen LogP contribution >= 0.6 is 0 Å². The van der Waals surface area contributed by atoms with Gasteiger partial charge in [-0.25, -0.2) is 15.0 Å². The van der Waals surface area contributed by atoms with Crippen LogP contribution in [-0.4, -0.2) is 67.6 Å². The minimum Gasteiger partial charge on any atom is -0.395 e. The van der Waals surface area contributed by atoms with Crippen LogP contribution in [-0.2, 0) is 10.9 Å². The minimum atomic E-state index is -4.55. The van der Waals surface area contributed by atoms with Gasteiger partial charge in [-0.05, 0) is 30.8 Å². The monoisotopic (exact) mass is 541 g/mol. The van der Waals surface area contributed by atoms with E-state index < -0.39 is 17.6 Å². The van der Waals surface area contributed by atoms with Gasteiger partial charge in [0.2, 0.25) is 0 Å². The van der Waals surface area contributed by atoms with Crippen LogP contribution in [0.4, 0.5) is 24.8 Å². The van der Waals surface area contributed by atoms with Crippen molar-refractivity contribution in [1.82, 2.24) is 24.3 Å². The first-order valence-corrected chi connectivity index (χ1v) is 12.2. The number of nitrogen functional groups attached to an aromatic ring is 1. The fraction of sp³-hybridized carbons (Fsp3) is 0.308. The maximum Gasteiger partial charge on any atom is 0.416 e. The fourth-order valence-corrected chi connectivity index (χ4v) is 4.62. The van der Waals surface area contributed by atoms with E-state index in [0.717, 1.165) is 24.9 Å². The number of benzene rings is 1. The van der Waals surface area contributed by atoms with E-state index in [1.165, 1.54) is 12.1 Å². The highest BCUT2D eigenvalue weighted by Gasteiger charge is 2.32. The number of alkyl halides is 3. The highest BCUT2D eigenvalue weighted by atomic mass is 19.4. The number of nitrogens with two attached hydrogens (primary N) is 1. The lowest BCUT2D eigenvalue weighted by Gasteiger charge is -2.37. The van der Waals surface area contributed by atoms with E-state index in [2.05, 4.69) is 20.2 Å². The smallest absolute Gasteiger partial charge is 0.395 e. The highest BCUT2D eigenvalue weighted by molar-refractivity contribution is 6.04. The molecule has 1 aromatic carbocycles. The number of aliphatic hydroxyl groups is 1. The lowest BCUT2D eigenvalue weighted by Crippen LogP contribution is -2.48. The molecule has 0 spiro atoms. The number of nitrogens with one attached hydrogen (secondary N) is 1. The van der Waals surface area contributed by atoms with Gasteiger partial charge in [-0.1, -0.05) is 19.1 Å². The summed E-state index contributed by atoms with van der Waals surface area (Å²) in [4.78, 5) is 27.7. The molecule has 0 aliphatic carbocycles. The molecule has 3 aromatic heterocycles. The molecular formula is C26H26F3N7O3. The third-order valence-corrected chi connectivity index (χ3v) is 6.67. The molecule has 0 saturated carbocycles. The molecular weight excluding hydrogens is 515 g/mol. The van der Waals surface area contributed by atoms with Gasteiger partial charge >= 0.3 is 6.18 Å². The number of rotatable bonds is 6. The molecule has 1 amide bonds. The van der Waals surface area contributed by atoms with Gasteiger partial charge in [0.25, 0.3) is 5.91 Å². The second-order valence-corrected chi connectivity index (χ2v) is 9.05. The van der Waals surface area contributed by atoms with Crippen LogP contribution in [0.5, 0.6) is 0 Å². The number of morpholine rings is 1. The summed E-state index contributed by atoms with van der Waals surface area (Å²) in [6, 6.07) is 7.95. The van der Waals surface area contributed by atoms with Gasteiger partial charge in [0.05, 0.1) is 24.8 Å². The summed E-state index contributed by atoms with van der Waals surface area (Å²) in [6.45, 7) is 3.64. The first kappa shape index (κ1) is 26.5. The second-order valence-electron chi connectivity index (χ2n) is 9.05. The molecule has 4 N–H and O–H groups in total. The number of aromatic nitrogens is 4. The lowest BCUT2D eigenvalue weighted by molar-refractivity contribution is -0.137. The number of fused-ring (bicyclic) bond motifs is 1. The van der Waals surface area contributed by atoms with E-state index in [-0.39, 0.29) is 36.0 Å². The standard InChI is InChI=1S/C26H26F3N7O3/c1-2-35-12-19(39-14-18(35)13-37)24-34-21(22-23(30)32-9-10-36(22)24)15-3-5-16(6-4-15)25(38)33-20-11-17(7-8-31-20)26(27,28)29/h3-11,18-19,37H,2,12-14H2,1H3,(H2,30,32)(H,31,33,38)/t18-,19+/m0/s1. The zero-order valence-electron chi connectivity index (χ0n) is 20.9. The zero-order valence-corrected chi connectivity index (χ0v) is 20.9. The van der Waals surface area contributed by atoms with Gasteiger partial charge in [0, 0.05) is 36.3 Å². The van der Waals surface area contributed by atoms with Crippen molar-refractivity contribution in [2.75, 3.05) is 37.4 Å². The number of anilines is 2. The predicted molar refractivity (Wildman–Crippen MR) is 137 cm³/mol. The summed E-state index contributed by atoms with van der Waals surface area (Å²) in [7, 11) is 0. The molecule has 1 aliphatic heterocycles. The van der Waals surface area contributed by atoms with E-state index in [1.807, 2.05) is 11.3 Å². The Kier molecular flexibility index (Phi) is 7.21. The molecule has 5 rings (SSSR count). The van der Waals surface area contributed by atoms with Gasteiger partial charge in [-0.3, -0.25) is 14.1 Å². The van der Waals surface area contributed by atoms with Gasteiger partial charge in [-0.2, -0.15) is 13.2 Å². The van der Waals surface area contributed by atoms with Gasteiger partial charge < -0.3 is 20.9 Å². The van der Waals surface area contributed by atoms with Crippen molar-refractivity contribution in [3.63, 3.8) is 0 Å². The molecule has 10 nitrogen and oxygen atoms in total. The minimum absolute atomic E-state index is 0.00520. The average molecular weight is 542 g/mol. The molecule has 1 aliphatic rings. The Morgan fingerprint density at radius 3 is 2.67 bits per heavy atom. The van der Waals surface area contributed by atoms with Gasteiger partial charge in [-0.15, -0.1) is 0 Å². The van der Waals surface area contributed by atoms with Crippen LogP contribution in [0.15, 0.2) is 55.0 Å². The molecule has 1 fully saturated rings. The number of carbonyl (C=O) groups excluding carboxylic acids is 1. The molecule has 2 atom stereocenters. The van der Waals surface area contributed by atoms with Crippen LogP contribution in [0.2, 0.25) is 0 Å². The Morgan fingerprint density at radius 1 is 1.21 bits per heavy atom. The van der Waals surface area contributed by atoms with E-state index in [9.17, 15) is 23.1 Å². The molecule has 13 heteroatoms. The van der Waals surface area contributed by atoms with Crippen LogP contribution in [0.3, 0.4) is 0 Å². The Morgan fingerprint density at radius 2 is 1.97 bits per heavy atom. The van der Waals surface area contributed by atoms with Crippen molar-refractivity contribution in [2.45, 2.75) is 25.2 Å². The first-order chi connectivity index (χ1) is 18.7. The third-order valence-electron chi connectivity index (χ3n) is 6.67. The maximum absolute atomic E-state index is 13.0. The fourth-order valence-electron chi connectivity index (χ4n) is 4.62. The Hall–Kier alpha value is -4.07. The molecule has 0 radical (unpaired) electrons. The van der Waals surface area contributed by atoms with Crippen molar-refractivity contribution < 1.29 is 27.8 Å². The molecule has 4 heterocycles. The van der Waals surface area contributed by atoms with E-state index >= 15 is 0 Å². The second kappa shape index (κ2) is 10.6. The number of imidazole rings is 1. The van der Waals surface area contributed by atoms with E-state index in [4.69, 9.17) is 15.5 Å². The SMILES string of the molecule is CCN1C[C@H](c2nc(-c3ccc(C(=O)Nc4cc(C(F)(F)F)ccn4)cc3)c3c(N)nccn23)OC[C@@H]1CO. The normalized spacial score (nSPS) is 18.4. The number of ether oxygens (including phenoxy) is 1. The van der Waals surface area contributed by atoms with Crippen molar-refractivity contribution in [1.29, 1.82) is 0 Å². The maximum atomic E-state index is 13.0. The van der Waals surface area contributed by atoms with E-state index in [1.54, 1.807) is 24.5 Å². The highest BCUT2D eigenvalue weighted by Crippen LogP contribution is 2.33. The number of hydrogen-bond acceptors (Lipinski definition) is 8. The first-order valence-electron chi connectivity index (χ1n) is 12.2. The summed E-state index contributed by atoms with van der Waals surface area (Å²) in [5.74, 6) is 0.0691. The van der Waals surface area contributed by atoms with Gasteiger partial charge in [0.15, 0.2) is 0 Å². The largest absolute Gasteiger partial charge is 0.416 e. The average Bonchev–Trinajstić information content (AvgIpc) is 3.33. The van der Waals surface area contributed by atoms with Crippen molar-refractivity contribution >= 4 is 23.1 Å². The van der Waals surface area contributed by atoms with Crippen molar-refractivity contribution in [3.05, 3.63) is 71.9 Å². The third kappa shape index (κ3) is 5.28. The molecule has 39 heavy (non-hydrogen) atoms. The Bertz CT molecular complexity index is 1490. The van der Waals surface area contributed by atoms with Crippen molar-refractivity contribution in [2.24, 2.45) is 0 Å². The molecule has 204 valence electrons. The molecule has 0 bridgehead atoms. The predicted octanol–water partition coefficient (Wildman–Crippen LogP) is 3.40. The summed E-state index contributed by atoms with van der Waals surface area (Å²) in [5.41, 5.74) is 7.32. The summed E-state index contributed by atoms with van der Waals surface area (Å²) >= 11 is 0. The molecule has 0 unspecified atom stereocenters. The summed E-state index contributed by atoms with van der Waals surface area (Å²) in [5, 5.41) is 12.0. The number of likely N-dealkylation sites (N-methyl/N-ethyl adjacent to an activating group) is 1. The summed E-state index contributed by atoms with van der Waals surface area (Å²) in [6.07, 6.45) is -0.616. The van der Waals surface area contributed by atoms with Crippen LogP contribution in [0.1, 0.15) is 34.8 Å². The van der Waals surface area contributed by atoms with Crippen LogP contribution < -0.4 is 11.1 Å². The van der Waals surface area contributed by atoms with E-state index in [0.29, 0.717) is 35.8 Å². The van der Waals surface area contributed by atoms with Crippen molar-refractivity contribution in [3.8, 4) is 11.3 Å². The molecule has 4 aromatic rings. The molecule has 1 saturated heterocycles.